The van der Waals surface area contributed by atoms with Crippen LogP contribution in [0.1, 0.15) is 15.2 Å². The van der Waals surface area contributed by atoms with E-state index in [4.69, 9.17) is 17.4 Å². The zero-order valence-electron chi connectivity index (χ0n) is 10.3. The molecule has 0 radical (unpaired) electrons. The molecular weight excluding hydrogens is 284 g/mol. The van der Waals surface area contributed by atoms with Crippen molar-refractivity contribution in [2.24, 2.45) is 5.84 Å². The molecule has 0 unspecified atom stereocenters. The first-order valence-corrected chi connectivity index (χ1v) is 6.72. The number of nitrogens with two attached hydrogens (primary N) is 1. The molecule has 100 valence electrons. The van der Waals surface area contributed by atoms with Crippen molar-refractivity contribution in [1.82, 2.24) is 9.88 Å². The topological polar surface area (TPSA) is 71.2 Å². The number of carbonyl (C=O) groups is 1. The number of nitrogens with one attached hydrogen (secondary N) is 1. The molecule has 19 heavy (non-hydrogen) atoms. The maximum Gasteiger partial charge on any atom is 0.255 e. The van der Waals surface area contributed by atoms with Gasteiger partial charge in [0.25, 0.3) is 5.91 Å². The predicted octanol–water partition coefficient (Wildman–Crippen LogP) is 2.35. The standard InChI is InChI=1S/C12H13ClN4OS/c1-17(7-9-3-4-10(13)19-9)12(18)8-2-5-11(16-14)15-6-8/h2-6H,7,14H2,1H3,(H,15,16). The Kier molecular flexibility index (Phi) is 4.36. The molecule has 0 aliphatic rings. The lowest BCUT2D eigenvalue weighted by molar-refractivity contribution is 0.0786. The fraction of sp³-hybridized carbons (Fsp3) is 0.167. The zero-order valence-corrected chi connectivity index (χ0v) is 11.8. The molecule has 1 amide bonds. The third-order valence-electron chi connectivity index (χ3n) is 2.53. The molecule has 5 nitrogen and oxygen atoms in total. The number of aromatic nitrogens is 1. The maximum atomic E-state index is 12.2. The predicted molar refractivity (Wildman–Crippen MR) is 77.2 cm³/mol. The van der Waals surface area contributed by atoms with Crippen molar-refractivity contribution in [1.29, 1.82) is 0 Å². The van der Waals surface area contributed by atoms with E-state index in [0.29, 0.717) is 17.9 Å². The number of pyridine rings is 1. The highest BCUT2D eigenvalue weighted by atomic mass is 35.5. The second-order valence-corrected chi connectivity index (χ2v) is 5.74. The molecule has 0 aromatic carbocycles. The van der Waals surface area contributed by atoms with Crippen LogP contribution < -0.4 is 11.3 Å². The van der Waals surface area contributed by atoms with Gasteiger partial charge in [-0.3, -0.25) is 4.79 Å². The molecule has 0 bridgehead atoms. The number of hydrogen-bond donors (Lipinski definition) is 2. The molecular formula is C12H13ClN4OS. The lowest BCUT2D eigenvalue weighted by Gasteiger charge is -2.16. The number of carbonyl (C=O) groups excluding carboxylic acids is 1. The number of nitrogens with zero attached hydrogens (tertiary/aromatic N) is 2. The van der Waals surface area contributed by atoms with Crippen molar-refractivity contribution in [3.8, 4) is 0 Å². The largest absolute Gasteiger partial charge is 0.337 e. The fourth-order valence-electron chi connectivity index (χ4n) is 1.57. The third-order valence-corrected chi connectivity index (χ3v) is 3.74. The van der Waals surface area contributed by atoms with E-state index in [2.05, 4.69) is 10.4 Å². The van der Waals surface area contributed by atoms with Crippen LogP contribution in [0, 0.1) is 0 Å². The Morgan fingerprint density at radius 2 is 2.26 bits per heavy atom. The summed E-state index contributed by atoms with van der Waals surface area (Å²) < 4.78 is 0.718. The highest BCUT2D eigenvalue weighted by Crippen LogP contribution is 2.22. The van der Waals surface area contributed by atoms with Crippen LogP contribution in [0.4, 0.5) is 5.82 Å². The number of anilines is 1. The first-order valence-electron chi connectivity index (χ1n) is 5.52. The van der Waals surface area contributed by atoms with E-state index in [1.807, 2.05) is 12.1 Å². The number of halogens is 1. The Bertz CT molecular complexity index is 569. The molecule has 2 aromatic rings. The monoisotopic (exact) mass is 296 g/mol. The molecule has 3 N–H and O–H groups in total. The van der Waals surface area contributed by atoms with Crippen molar-refractivity contribution in [2.75, 3.05) is 12.5 Å². The molecule has 2 heterocycles. The van der Waals surface area contributed by atoms with E-state index in [-0.39, 0.29) is 5.91 Å². The van der Waals surface area contributed by atoms with Crippen molar-refractivity contribution in [3.63, 3.8) is 0 Å². The molecule has 0 saturated carbocycles. The maximum absolute atomic E-state index is 12.2. The third kappa shape index (κ3) is 3.44. The normalized spacial score (nSPS) is 10.3. The van der Waals surface area contributed by atoms with Gasteiger partial charge in [-0.15, -0.1) is 11.3 Å². The number of amides is 1. The van der Waals surface area contributed by atoms with Crippen molar-refractivity contribution in [3.05, 3.63) is 45.2 Å². The van der Waals surface area contributed by atoms with Crippen molar-refractivity contribution < 1.29 is 4.79 Å². The van der Waals surface area contributed by atoms with E-state index >= 15 is 0 Å². The minimum atomic E-state index is -0.0967. The summed E-state index contributed by atoms with van der Waals surface area (Å²) >= 11 is 7.32. The molecule has 0 aliphatic heterocycles. The summed E-state index contributed by atoms with van der Waals surface area (Å²) in [5, 5.41) is 0. The Balaban J connectivity index is 2.05. The van der Waals surface area contributed by atoms with Gasteiger partial charge in [-0.25, -0.2) is 10.8 Å². The van der Waals surface area contributed by atoms with E-state index in [1.54, 1.807) is 24.1 Å². The number of hydrazine groups is 1. The van der Waals surface area contributed by atoms with Gasteiger partial charge in [0.05, 0.1) is 16.4 Å². The van der Waals surface area contributed by atoms with Gasteiger partial charge in [0.1, 0.15) is 5.82 Å². The first kappa shape index (κ1) is 13.8. The Labute approximate surface area is 120 Å². The second kappa shape index (κ2) is 6.01. The smallest absolute Gasteiger partial charge is 0.255 e. The van der Waals surface area contributed by atoms with Crippen LogP contribution in [-0.2, 0) is 6.54 Å². The fourth-order valence-corrected chi connectivity index (χ4v) is 2.71. The summed E-state index contributed by atoms with van der Waals surface area (Å²) in [6.45, 7) is 0.521. The zero-order chi connectivity index (χ0) is 13.8. The van der Waals surface area contributed by atoms with Gasteiger partial charge in [-0.1, -0.05) is 11.6 Å². The minimum Gasteiger partial charge on any atom is -0.337 e. The Hall–Kier alpha value is -1.63. The SMILES string of the molecule is CN(Cc1ccc(Cl)s1)C(=O)c1ccc(NN)nc1. The summed E-state index contributed by atoms with van der Waals surface area (Å²) in [4.78, 5) is 18.8. The van der Waals surface area contributed by atoms with Crippen LogP contribution in [0.2, 0.25) is 4.34 Å². The van der Waals surface area contributed by atoms with E-state index in [9.17, 15) is 4.79 Å². The van der Waals surface area contributed by atoms with E-state index in [0.717, 1.165) is 9.21 Å². The van der Waals surface area contributed by atoms with Gasteiger partial charge < -0.3 is 10.3 Å². The summed E-state index contributed by atoms with van der Waals surface area (Å²) in [5.74, 6) is 5.64. The summed E-state index contributed by atoms with van der Waals surface area (Å²) in [7, 11) is 1.74. The van der Waals surface area contributed by atoms with Crippen molar-refractivity contribution >= 4 is 34.7 Å². The molecule has 2 rings (SSSR count). The molecule has 0 aliphatic carbocycles. The number of hydrogen-bond acceptors (Lipinski definition) is 5. The average Bonchev–Trinajstić information content (AvgIpc) is 2.83. The van der Waals surface area contributed by atoms with Crippen LogP contribution >= 0.6 is 22.9 Å². The van der Waals surface area contributed by atoms with Crippen LogP contribution in [-0.4, -0.2) is 22.8 Å². The number of thiophene rings is 1. The van der Waals surface area contributed by atoms with Gasteiger partial charge in [0.2, 0.25) is 0 Å². The van der Waals surface area contributed by atoms with Gasteiger partial charge in [0.15, 0.2) is 0 Å². The molecule has 0 spiro atoms. The first-order chi connectivity index (χ1) is 9.10. The average molecular weight is 297 g/mol. The van der Waals surface area contributed by atoms with Gasteiger partial charge in [-0.05, 0) is 24.3 Å². The Morgan fingerprint density at radius 3 is 2.79 bits per heavy atom. The molecule has 0 atom stereocenters. The minimum absolute atomic E-state index is 0.0967. The molecule has 2 aromatic heterocycles. The number of rotatable bonds is 4. The van der Waals surface area contributed by atoms with Gasteiger partial charge >= 0.3 is 0 Å². The van der Waals surface area contributed by atoms with E-state index < -0.39 is 0 Å². The van der Waals surface area contributed by atoms with Crippen molar-refractivity contribution in [2.45, 2.75) is 6.54 Å². The van der Waals surface area contributed by atoms with E-state index in [1.165, 1.54) is 17.5 Å². The van der Waals surface area contributed by atoms with Crippen LogP contribution in [0.25, 0.3) is 0 Å². The highest BCUT2D eigenvalue weighted by Gasteiger charge is 2.13. The lowest BCUT2D eigenvalue weighted by atomic mass is 10.2. The van der Waals surface area contributed by atoms with Crippen LogP contribution in [0.3, 0.4) is 0 Å². The molecule has 0 fully saturated rings. The highest BCUT2D eigenvalue weighted by molar-refractivity contribution is 7.16. The summed E-state index contributed by atoms with van der Waals surface area (Å²) in [6, 6.07) is 7.07. The van der Waals surface area contributed by atoms with Crippen LogP contribution in [0.5, 0.6) is 0 Å². The lowest BCUT2D eigenvalue weighted by Crippen LogP contribution is -2.26. The summed E-state index contributed by atoms with van der Waals surface area (Å²) in [5.41, 5.74) is 2.93. The molecule has 0 saturated heterocycles. The van der Waals surface area contributed by atoms with Gasteiger partial charge in [-0.2, -0.15) is 0 Å². The summed E-state index contributed by atoms with van der Waals surface area (Å²) in [6.07, 6.45) is 1.50. The molecule has 7 heteroatoms. The second-order valence-electron chi connectivity index (χ2n) is 3.94. The van der Waals surface area contributed by atoms with Gasteiger partial charge in [0, 0.05) is 18.1 Å². The Morgan fingerprint density at radius 1 is 1.47 bits per heavy atom. The quantitative estimate of drug-likeness (QED) is 0.671. The van der Waals surface area contributed by atoms with Crippen LogP contribution in [0.15, 0.2) is 30.5 Å². The number of nitrogen functional groups attached to an aromatic ring is 1.